The van der Waals surface area contributed by atoms with Crippen LogP contribution in [0.3, 0.4) is 0 Å². The van der Waals surface area contributed by atoms with Crippen LogP contribution in [0.4, 0.5) is 0 Å². The highest BCUT2D eigenvalue weighted by molar-refractivity contribution is 5.77. The average molecular weight is 174 g/mol. The third-order valence-corrected chi connectivity index (χ3v) is 1.22. The maximum Gasteiger partial charge on any atom is 0.307 e. The van der Waals surface area contributed by atoms with Crippen molar-refractivity contribution in [3.05, 3.63) is 12.7 Å². The van der Waals surface area contributed by atoms with Crippen molar-refractivity contribution in [1.29, 1.82) is 0 Å². The summed E-state index contributed by atoms with van der Waals surface area (Å²) in [7, 11) is 0. The van der Waals surface area contributed by atoms with Crippen LogP contribution in [0.5, 0.6) is 0 Å². The summed E-state index contributed by atoms with van der Waals surface area (Å²) >= 11 is 0. The van der Waals surface area contributed by atoms with Crippen molar-refractivity contribution < 1.29 is 19.8 Å². The highest BCUT2D eigenvalue weighted by Gasteiger charge is 2.18. The first-order chi connectivity index (χ1) is 5.07. The lowest BCUT2D eigenvalue weighted by molar-refractivity contribution is -0.148. The molecule has 0 aliphatic heterocycles. The van der Waals surface area contributed by atoms with E-state index in [9.17, 15) is 9.59 Å². The lowest BCUT2D eigenvalue weighted by Gasteiger charge is -2.04. The van der Waals surface area contributed by atoms with Crippen molar-refractivity contribution >= 4 is 11.9 Å². The summed E-state index contributed by atoms with van der Waals surface area (Å²) in [6.45, 7) is 3.33. The van der Waals surface area contributed by atoms with E-state index < -0.39 is 17.9 Å². The van der Waals surface area contributed by atoms with Gasteiger partial charge in [0.15, 0.2) is 0 Å². The molecule has 0 bridgehead atoms. The second kappa shape index (κ2) is 6.39. The monoisotopic (exact) mass is 174 g/mol. The minimum absolute atomic E-state index is 0. The van der Waals surface area contributed by atoms with Gasteiger partial charge < -0.3 is 10.2 Å². The minimum atomic E-state index is -1.10. The molecule has 4 nitrogen and oxygen atoms in total. The first-order valence-corrected chi connectivity index (χ1v) is 3.13. The number of carbonyl (C=O) groups is 2. The molecule has 12 heavy (non-hydrogen) atoms. The van der Waals surface area contributed by atoms with Crippen LogP contribution in [-0.2, 0) is 9.59 Å². The van der Waals surface area contributed by atoms with Crippen LogP contribution in [0.15, 0.2) is 12.7 Å². The molecular formula is C8H14O4. The van der Waals surface area contributed by atoms with Gasteiger partial charge in [0.25, 0.3) is 0 Å². The summed E-state index contributed by atoms with van der Waals surface area (Å²) in [4.78, 5) is 20.4. The number of aliphatic carboxylic acids is 2. The van der Waals surface area contributed by atoms with Gasteiger partial charge in [-0.3, -0.25) is 9.59 Å². The SMILES string of the molecule is C.C=CCC(CC(=O)O)C(=O)O. The van der Waals surface area contributed by atoms with Gasteiger partial charge in [0.2, 0.25) is 0 Å². The number of rotatable bonds is 5. The second-order valence-corrected chi connectivity index (χ2v) is 2.16. The van der Waals surface area contributed by atoms with E-state index in [0.29, 0.717) is 0 Å². The minimum Gasteiger partial charge on any atom is -0.481 e. The largest absolute Gasteiger partial charge is 0.481 e. The standard InChI is InChI=1S/C7H10O4.CH4/c1-2-3-5(7(10)11)4-6(8)9;/h2,5H,1,3-4H2,(H,8,9)(H,10,11);1H4. The topological polar surface area (TPSA) is 74.6 Å². The molecule has 0 aliphatic rings. The Morgan fingerprint density at radius 1 is 1.42 bits per heavy atom. The van der Waals surface area contributed by atoms with E-state index in [1.54, 1.807) is 0 Å². The molecule has 70 valence electrons. The van der Waals surface area contributed by atoms with Crippen LogP contribution in [-0.4, -0.2) is 22.2 Å². The summed E-state index contributed by atoms with van der Waals surface area (Å²) in [5, 5.41) is 16.7. The van der Waals surface area contributed by atoms with E-state index in [2.05, 4.69) is 6.58 Å². The summed E-state index contributed by atoms with van der Waals surface area (Å²) in [6, 6.07) is 0. The Morgan fingerprint density at radius 3 is 2.17 bits per heavy atom. The first-order valence-electron chi connectivity index (χ1n) is 3.13. The molecule has 0 heterocycles. The Hall–Kier alpha value is -1.32. The molecule has 4 heteroatoms. The highest BCUT2D eigenvalue weighted by Crippen LogP contribution is 2.08. The highest BCUT2D eigenvalue weighted by atomic mass is 16.4. The first kappa shape index (κ1) is 13.3. The third kappa shape index (κ3) is 5.46. The number of hydrogen-bond acceptors (Lipinski definition) is 2. The summed E-state index contributed by atoms with van der Waals surface area (Å²) in [5.41, 5.74) is 0. The maximum atomic E-state index is 10.3. The summed E-state index contributed by atoms with van der Waals surface area (Å²) in [6.07, 6.45) is 1.25. The Morgan fingerprint density at radius 2 is 1.92 bits per heavy atom. The zero-order valence-electron chi connectivity index (χ0n) is 5.99. The van der Waals surface area contributed by atoms with Crippen LogP contribution >= 0.6 is 0 Å². The Labute approximate surface area is 71.5 Å². The van der Waals surface area contributed by atoms with E-state index in [4.69, 9.17) is 10.2 Å². The fourth-order valence-electron chi connectivity index (χ4n) is 0.683. The van der Waals surface area contributed by atoms with Crippen molar-refractivity contribution in [2.45, 2.75) is 20.3 Å². The average Bonchev–Trinajstić information content (AvgIpc) is 1.86. The Balaban J connectivity index is 0. The summed E-state index contributed by atoms with van der Waals surface area (Å²) in [5.74, 6) is -3.03. The van der Waals surface area contributed by atoms with Crippen molar-refractivity contribution in [2.75, 3.05) is 0 Å². The van der Waals surface area contributed by atoms with Crippen LogP contribution in [0.1, 0.15) is 20.3 Å². The van der Waals surface area contributed by atoms with E-state index in [-0.39, 0.29) is 20.3 Å². The van der Waals surface area contributed by atoms with E-state index in [0.717, 1.165) is 0 Å². The van der Waals surface area contributed by atoms with Gasteiger partial charge in [-0.2, -0.15) is 0 Å². The quantitative estimate of drug-likeness (QED) is 0.617. The van der Waals surface area contributed by atoms with E-state index in [1.807, 2.05) is 0 Å². The fraction of sp³-hybridized carbons (Fsp3) is 0.500. The predicted molar refractivity (Wildman–Crippen MR) is 44.9 cm³/mol. The normalized spacial score (nSPS) is 11.0. The molecule has 1 unspecified atom stereocenters. The van der Waals surface area contributed by atoms with Crippen LogP contribution in [0.2, 0.25) is 0 Å². The predicted octanol–water partition coefficient (Wildman–Crippen LogP) is 1.37. The van der Waals surface area contributed by atoms with Gasteiger partial charge in [0, 0.05) is 0 Å². The van der Waals surface area contributed by atoms with Gasteiger partial charge in [-0.15, -0.1) is 6.58 Å². The fourth-order valence-corrected chi connectivity index (χ4v) is 0.683. The number of carboxylic acid groups (broad SMARTS) is 2. The third-order valence-electron chi connectivity index (χ3n) is 1.22. The van der Waals surface area contributed by atoms with E-state index in [1.165, 1.54) is 6.08 Å². The number of allylic oxidation sites excluding steroid dienone is 1. The molecule has 0 amide bonds. The molecule has 2 N–H and O–H groups in total. The molecular weight excluding hydrogens is 160 g/mol. The van der Waals surface area contributed by atoms with Crippen molar-refractivity contribution in [3.8, 4) is 0 Å². The zero-order valence-corrected chi connectivity index (χ0v) is 5.99. The Kier molecular flexibility index (Phi) is 7.08. The van der Waals surface area contributed by atoms with Gasteiger partial charge in [-0.1, -0.05) is 13.5 Å². The zero-order chi connectivity index (χ0) is 8.85. The number of hydrogen-bond donors (Lipinski definition) is 2. The lowest BCUT2D eigenvalue weighted by Crippen LogP contribution is -2.16. The molecule has 0 rings (SSSR count). The van der Waals surface area contributed by atoms with Crippen LogP contribution in [0.25, 0.3) is 0 Å². The molecule has 1 atom stereocenters. The van der Waals surface area contributed by atoms with Gasteiger partial charge in [-0.05, 0) is 6.42 Å². The van der Waals surface area contributed by atoms with Gasteiger partial charge in [0.1, 0.15) is 0 Å². The molecule has 0 saturated heterocycles. The second-order valence-electron chi connectivity index (χ2n) is 2.16. The van der Waals surface area contributed by atoms with E-state index >= 15 is 0 Å². The molecule has 0 aromatic rings. The van der Waals surface area contributed by atoms with Crippen LogP contribution in [0, 0.1) is 5.92 Å². The Bertz CT molecular complexity index is 174. The van der Waals surface area contributed by atoms with Crippen LogP contribution < -0.4 is 0 Å². The molecule has 0 radical (unpaired) electrons. The number of carboxylic acids is 2. The molecule has 0 aliphatic carbocycles. The molecule has 0 aromatic carbocycles. The molecule has 0 saturated carbocycles. The van der Waals surface area contributed by atoms with Crippen molar-refractivity contribution in [2.24, 2.45) is 5.92 Å². The maximum absolute atomic E-state index is 10.3. The van der Waals surface area contributed by atoms with Gasteiger partial charge >= 0.3 is 11.9 Å². The van der Waals surface area contributed by atoms with Gasteiger partial charge in [0.05, 0.1) is 12.3 Å². The lowest BCUT2D eigenvalue weighted by atomic mass is 10.0. The summed E-state index contributed by atoms with van der Waals surface area (Å²) < 4.78 is 0. The van der Waals surface area contributed by atoms with Gasteiger partial charge in [-0.25, -0.2) is 0 Å². The molecule has 0 fully saturated rings. The smallest absolute Gasteiger partial charge is 0.307 e. The van der Waals surface area contributed by atoms with Crippen molar-refractivity contribution in [1.82, 2.24) is 0 Å². The molecule has 0 spiro atoms. The van der Waals surface area contributed by atoms with Crippen molar-refractivity contribution in [3.63, 3.8) is 0 Å². The molecule has 0 aromatic heterocycles.